The maximum Gasteiger partial charge on any atom is 0.254 e. The number of nitrogens with zero attached hydrogens (tertiary/aromatic N) is 2. The largest absolute Gasteiger partial charge is 0.377 e. The second kappa shape index (κ2) is 8.49. The summed E-state index contributed by atoms with van der Waals surface area (Å²) in [6.45, 7) is 4.15. The molecule has 3 heterocycles. The summed E-state index contributed by atoms with van der Waals surface area (Å²) in [5.41, 5.74) is 5.29. The van der Waals surface area contributed by atoms with Crippen LogP contribution in [0.2, 0.25) is 0 Å². The fraction of sp³-hybridized carbons (Fsp3) is 0.280. The predicted molar refractivity (Wildman–Crippen MR) is 123 cm³/mol. The third kappa shape index (κ3) is 4.04. The van der Waals surface area contributed by atoms with Crippen molar-refractivity contribution in [1.29, 1.82) is 0 Å². The summed E-state index contributed by atoms with van der Waals surface area (Å²) in [5.74, 6) is 0. The zero-order valence-electron chi connectivity index (χ0n) is 17.6. The molecule has 0 amide bonds. The molecule has 0 aliphatic carbocycles. The third-order valence-corrected chi connectivity index (χ3v) is 5.80. The zero-order valence-corrected chi connectivity index (χ0v) is 17.6. The Morgan fingerprint density at radius 3 is 2.71 bits per heavy atom. The Kier molecular flexibility index (Phi) is 5.40. The number of benzene rings is 2. The van der Waals surface area contributed by atoms with Gasteiger partial charge in [0, 0.05) is 36.2 Å². The molecule has 0 saturated carbocycles. The smallest absolute Gasteiger partial charge is 0.254 e. The summed E-state index contributed by atoms with van der Waals surface area (Å²) in [6.07, 6.45) is 2.42. The van der Waals surface area contributed by atoms with Gasteiger partial charge in [-0.05, 0) is 38.0 Å². The van der Waals surface area contributed by atoms with Crippen LogP contribution in [0.5, 0.6) is 0 Å². The first kappa shape index (κ1) is 19.7. The minimum absolute atomic E-state index is 0.0973. The third-order valence-electron chi connectivity index (χ3n) is 5.80. The molecule has 31 heavy (non-hydrogen) atoms. The first-order valence-corrected chi connectivity index (χ1v) is 10.8. The number of rotatable bonds is 6. The Morgan fingerprint density at radius 1 is 1.16 bits per heavy atom. The number of hydrogen-bond donors (Lipinski definition) is 2. The molecule has 1 atom stereocenters. The topological polar surface area (TPSA) is 71.9 Å². The van der Waals surface area contributed by atoms with Crippen LogP contribution in [0, 0.1) is 6.92 Å². The highest BCUT2D eigenvalue weighted by Gasteiger charge is 2.18. The Labute approximate surface area is 180 Å². The normalized spacial score (nSPS) is 16.2. The van der Waals surface area contributed by atoms with Gasteiger partial charge in [-0.25, -0.2) is 4.68 Å². The van der Waals surface area contributed by atoms with E-state index in [2.05, 4.69) is 41.5 Å². The van der Waals surface area contributed by atoms with Gasteiger partial charge in [-0.3, -0.25) is 4.79 Å². The predicted octanol–water partition coefficient (Wildman–Crippen LogP) is 3.96. The number of nitrogens with one attached hydrogen (secondary N) is 2. The average molecular weight is 415 g/mol. The quantitative estimate of drug-likeness (QED) is 0.501. The van der Waals surface area contributed by atoms with E-state index in [9.17, 15) is 4.79 Å². The van der Waals surface area contributed by atoms with E-state index in [1.807, 2.05) is 41.1 Å². The lowest BCUT2D eigenvalue weighted by Crippen LogP contribution is -2.28. The summed E-state index contributed by atoms with van der Waals surface area (Å²) < 4.78 is 7.48. The van der Waals surface area contributed by atoms with Crippen LogP contribution >= 0.6 is 0 Å². The van der Waals surface area contributed by atoms with Crippen LogP contribution in [-0.4, -0.2) is 34.0 Å². The van der Waals surface area contributed by atoms with Crippen LogP contribution in [0.1, 0.15) is 24.0 Å². The van der Waals surface area contributed by atoms with Crippen molar-refractivity contribution in [2.45, 2.75) is 32.4 Å². The van der Waals surface area contributed by atoms with Crippen LogP contribution in [0.25, 0.3) is 28.0 Å². The summed E-state index contributed by atoms with van der Waals surface area (Å²) in [6, 6.07) is 20.2. The van der Waals surface area contributed by atoms with Crippen molar-refractivity contribution in [2.75, 3.05) is 13.2 Å². The summed E-state index contributed by atoms with van der Waals surface area (Å²) >= 11 is 0. The van der Waals surface area contributed by atoms with E-state index >= 15 is 0 Å². The maximum absolute atomic E-state index is 12.9. The number of ether oxygens (including phenoxy) is 1. The van der Waals surface area contributed by atoms with Crippen LogP contribution in [-0.2, 0) is 11.3 Å². The summed E-state index contributed by atoms with van der Waals surface area (Å²) in [4.78, 5) is 15.9. The Morgan fingerprint density at radius 2 is 1.97 bits per heavy atom. The van der Waals surface area contributed by atoms with Gasteiger partial charge in [-0.1, -0.05) is 48.0 Å². The number of para-hydroxylation sites is 1. The molecule has 1 fully saturated rings. The Bertz CT molecular complexity index is 1240. The van der Waals surface area contributed by atoms with Gasteiger partial charge < -0.3 is 15.0 Å². The van der Waals surface area contributed by atoms with Crippen LogP contribution in [0.4, 0.5) is 0 Å². The van der Waals surface area contributed by atoms with Crippen molar-refractivity contribution in [2.24, 2.45) is 0 Å². The number of hydrogen-bond acceptors (Lipinski definition) is 4. The van der Waals surface area contributed by atoms with Crippen LogP contribution < -0.4 is 10.9 Å². The van der Waals surface area contributed by atoms with Gasteiger partial charge in [0.2, 0.25) is 0 Å². The first-order valence-electron chi connectivity index (χ1n) is 10.8. The fourth-order valence-electron chi connectivity index (χ4n) is 4.10. The number of aromatic amines is 1. The number of aryl methyl sites for hydroxylation is 1. The molecule has 5 rings (SSSR count). The molecule has 1 aliphatic heterocycles. The lowest BCUT2D eigenvalue weighted by molar-refractivity contribution is 0.110. The van der Waals surface area contributed by atoms with Crippen molar-refractivity contribution >= 4 is 11.0 Å². The van der Waals surface area contributed by atoms with Gasteiger partial charge in [0.15, 0.2) is 0 Å². The van der Waals surface area contributed by atoms with Crippen molar-refractivity contribution < 1.29 is 4.74 Å². The summed E-state index contributed by atoms with van der Waals surface area (Å²) in [5, 5.41) is 9.20. The Hall–Kier alpha value is -3.22. The van der Waals surface area contributed by atoms with Crippen molar-refractivity contribution in [3.63, 3.8) is 0 Å². The summed E-state index contributed by atoms with van der Waals surface area (Å²) in [7, 11) is 0. The molecule has 2 aromatic heterocycles. The number of aromatic nitrogens is 3. The molecule has 1 aliphatic rings. The van der Waals surface area contributed by atoms with Gasteiger partial charge in [-0.15, -0.1) is 0 Å². The van der Waals surface area contributed by atoms with Gasteiger partial charge in [0.05, 0.1) is 11.8 Å². The molecule has 0 bridgehead atoms. The van der Waals surface area contributed by atoms with Gasteiger partial charge in [-0.2, -0.15) is 5.10 Å². The van der Waals surface area contributed by atoms with E-state index in [0.29, 0.717) is 17.8 Å². The molecule has 1 unspecified atom stereocenters. The van der Waals surface area contributed by atoms with E-state index in [-0.39, 0.29) is 11.7 Å². The first-order chi connectivity index (χ1) is 15.2. The fourth-order valence-corrected chi connectivity index (χ4v) is 4.10. The van der Waals surface area contributed by atoms with Gasteiger partial charge in [0.1, 0.15) is 11.3 Å². The van der Waals surface area contributed by atoms with Crippen molar-refractivity contribution in [3.05, 3.63) is 82.1 Å². The van der Waals surface area contributed by atoms with E-state index in [4.69, 9.17) is 9.84 Å². The highest BCUT2D eigenvalue weighted by atomic mass is 16.5. The minimum atomic E-state index is -0.0973. The monoisotopic (exact) mass is 414 g/mol. The SMILES string of the molecule is Cc1ccc(-c2nn(-c3ccccc3)c3[nH]c(=O)c(CNCC4CCCO4)cc23)cc1. The number of pyridine rings is 1. The molecule has 2 N–H and O–H groups in total. The highest BCUT2D eigenvalue weighted by molar-refractivity contribution is 5.92. The lowest BCUT2D eigenvalue weighted by Gasteiger charge is -2.10. The molecule has 158 valence electrons. The number of fused-ring (bicyclic) bond motifs is 1. The molecule has 6 heteroatoms. The molecular formula is C25H26N4O2. The molecule has 6 nitrogen and oxygen atoms in total. The molecule has 0 spiro atoms. The van der Waals surface area contributed by atoms with Crippen molar-refractivity contribution in [3.8, 4) is 16.9 Å². The lowest BCUT2D eigenvalue weighted by atomic mass is 10.1. The van der Waals surface area contributed by atoms with Crippen LogP contribution in [0.15, 0.2) is 65.5 Å². The minimum Gasteiger partial charge on any atom is -0.377 e. The standard InChI is InChI=1S/C25H26N4O2/c1-17-9-11-18(12-10-17)23-22-14-19(15-26-16-21-8-5-13-31-21)25(30)27-24(22)29(28-23)20-6-3-2-4-7-20/h2-4,6-7,9-12,14,21,26H,5,8,13,15-16H2,1H3,(H,27,30). The van der Waals surface area contributed by atoms with E-state index in [0.717, 1.165) is 48.3 Å². The van der Waals surface area contributed by atoms with Crippen LogP contribution in [0.3, 0.4) is 0 Å². The van der Waals surface area contributed by atoms with E-state index < -0.39 is 0 Å². The second-order valence-electron chi connectivity index (χ2n) is 8.11. The van der Waals surface area contributed by atoms with E-state index in [1.54, 1.807) is 0 Å². The highest BCUT2D eigenvalue weighted by Crippen LogP contribution is 2.29. The zero-order chi connectivity index (χ0) is 21.2. The van der Waals surface area contributed by atoms with E-state index in [1.165, 1.54) is 5.56 Å². The molecule has 4 aromatic rings. The molecular weight excluding hydrogens is 388 g/mol. The van der Waals surface area contributed by atoms with Gasteiger partial charge >= 0.3 is 0 Å². The maximum atomic E-state index is 12.9. The second-order valence-corrected chi connectivity index (χ2v) is 8.11. The van der Waals surface area contributed by atoms with Gasteiger partial charge in [0.25, 0.3) is 5.56 Å². The average Bonchev–Trinajstić information content (AvgIpc) is 3.43. The molecule has 0 radical (unpaired) electrons. The molecule has 1 saturated heterocycles. The molecule has 2 aromatic carbocycles. The van der Waals surface area contributed by atoms with Crippen molar-refractivity contribution in [1.82, 2.24) is 20.1 Å². The Balaban J connectivity index is 1.56. The number of H-pyrrole nitrogens is 1.